The van der Waals surface area contributed by atoms with Gasteiger partial charge in [0.2, 0.25) is 0 Å². The summed E-state index contributed by atoms with van der Waals surface area (Å²) in [4.78, 5) is 15.0. The first-order valence-corrected chi connectivity index (χ1v) is 12.6. The van der Waals surface area contributed by atoms with Gasteiger partial charge in [-0.3, -0.25) is 14.6 Å². The van der Waals surface area contributed by atoms with Crippen LogP contribution in [0.2, 0.25) is 0 Å². The molecule has 5 rings (SSSR count). The van der Waals surface area contributed by atoms with E-state index in [-0.39, 0.29) is 16.1 Å². The van der Waals surface area contributed by atoms with Crippen LogP contribution in [0.4, 0.5) is 11.5 Å². The van der Waals surface area contributed by atoms with Crippen LogP contribution < -0.4 is 19.5 Å². The van der Waals surface area contributed by atoms with Crippen LogP contribution in [-0.2, 0) is 10.0 Å². The van der Waals surface area contributed by atoms with Crippen LogP contribution in [0.1, 0.15) is 15.2 Å². The van der Waals surface area contributed by atoms with E-state index in [2.05, 4.69) is 20.2 Å². The lowest BCUT2D eigenvalue weighted by Crippen LogP contribution is -2.17. The zero-order valence-corrected chi connectivity index (χ0v) is 19.6. The molecule has 174 valence electrons. The zero-order valence-electron chi connectivity index (χ0n) is 18.0. The Morgan fingerprint density at radius 3 is 2.65 bits per heavy atom. The van der Waals surface area contributed by atoms with Crippen molar-refractivity contribution in [2.45, 2.75) is 11.8 Å². The van der Waals surface area contributed by atoms with Crippen LogP contribution >= 0.6 is 11.3 Å². The average molecular weight is 497 g/mol. The van der Waals surface area contributed by atoms with Gasteiger partial charge in [0, 0.05) is 28.3 Å². The molecule has 0 saturated carbocycles. The number of ether oxygens (including phenoxy) is 2. The Morgan fingerprint density at radius 1 is 1.03 bits per heavy atom. The second-order valence-electron chi connectivity index (χ2n) is 7.52. The quantitative estimate of drug-likeness (QED) is 0.366. The largest absolute Gasteiger partial charge is 0.486 e. The number of hydrogen-bond acceptors (Lipinski definition) is 7. The number of rotatable bonds is 6. The van der Waals surface area contributed by atoms with Gasteiger partial charge in [-0.2, -0.15) is 5.10 Å². The van der Waals surface area contributed by atoms with Crippen molar-refractivity contribution in [2.75, 3.05) is 23.3 Å². The second kappa shape index (κ2) is 8.84. The third kappa shape index (κ3) is 4.61. The molecule has 0 spiro atoms. The van der Waals surface area contributed by atoms with Gasteiger partial charge in [0.05, 0.1) is 15.5 Å². The number of thiophene rings is 1. The summed E-state index contributed by atoms with van der Waals surface area (Å²) in [6.45, 7) is 2.79. The van der Waals surface area contributed by atoms with Crippen molar-refractivity contribution in [3.05, 3.63) is 71.1 Å². The summed E-state index contributed by atoms with van der Waals surface area (Å²) in [6.07, 6.45) is 0. The topological polar surface area (TPSA) is 122 Å². The van der Waals surface area contributed by atoms with Gasteiger partial charge >= 0.3 is 0 Å². The van der Waals surface area contributed by atoms with Gasteiger partial charge in [-0.25, -0.2) is 8.42 Å². The van der Waals surface area contributed by atoms with E-state index in [0.717, 1.165) is 10.6 Å². The standard InChI is InChI=1S/C23H20N4O5S2/c1-14-5-8-21(33-14)18-13-22(26-25-18)24-23(28)15-3-2-4-16(11-15)27-34(29,30)17-6-7-19-20(12-17)32-10-9-31-19/h2-8,11-13,27H,9-10H2,1H3,(H2,24,25,26,28). The molecule has 3 N–H and O–H groups in total. The lowest BCUT2D eigenvalue weighted by molar-refractivity contribution is 0.102. The van der Waals surface area contributed by atoms with E-state index in [1.165, 1.54) is 23.1 Å². The van der Waals surface area contributed by atoms with Crippen molar-refractivity contribution >= 4 is 38.8 Å². The maximum absolute atomic E-state index is 12.9. The molecule has 3 heterocycles. The highest BCUT2D eigenvalue weighted by Crippen LogP contribution is 2.33. The normalized spacial score (nSPS) is 12.9. The molecule has 0 unspecified atom stereocenters. The molecule has 1 amide bonds. The molecular formula is C23H20N4O5S2. The fraction of sp³-hybridized carbons (Fsp3) is 0.130. The van der Waals surface area contributed by atoms with Crippen molar-refractivity contribution in [1.29, 1.82) is 0 Å². The molecule has 11 heteroatoms. The number of nitrogens with zero attached hydrogens (tertiary/aromatic N) is 1. The van der Waals surface area contributed by atoms with E-state index in [1.807, 2.05) is 19.1 Å². The number of nitrogens with one attached hydrogen (secondary N) is 3. The van der Waals surface area contributed by atoms with E-state index < -0.39 is 15.9 Å². The third-order valence-electron chi connectivity index (χ3n) is 5.03. The first-order chi connectivity index (χ1) is 16.4. The molecule has 9 nitrogen and oxygen atoms in total. The molecule has 0 saturated heterocycles. The SMILES string of the molecule is Cc1ccc(-c2cc(NC(=O)c3cccc(NS(=O)(=O)c4ccc5c(c4)OCCO5)c3)n[nH]2)s1. The Hall–Kier alpha value is -3.83. The zero-order chi connectivity index (χ0) is 23.7. The summed E-state index contributed by atoms with van der Waals surface area (Å²) in [5, 5.41) is 9.78. The number of amides is 1. The van der Waals surface area contributed by atoms with Crippen molar-refractivity contribution in [3.63, 3.8) is 0 Å². The highest BCUT2D eigenvalue weighted by molar-refractivity contribution is 7.92. The van der Waals surface area contributed by atoms with Gasteiger partial charge in [-0.05, 0) is 49.4 Å². The van der Waals surface area contributed by atoms with E-state index in [9.17, 15) is 13.2 Å². The lowest BCUT2D eigenvalue weighted by atomic mass is 10.2. The number of aromatic amines is 1. The number of sulfonamides is 1. The number of carbonyl (C=O) groups excluding carboxylic acids is 1. The van der Waals surface area contributed by atoms with Gasteiger partial charge < -0.3 is 14.8 Å². The molecule has 0 fully saturated rings. The van der Waals surface area contributed by atoms with E-state index in [0.29, 0.717) is 30.5 Å². The van der Waals surface area contributed by atoms with Crippen LogP contribution in [-0.4, -0.2) is 37.7 Å². The fourth-order valence-corrected chi connectivity index (χ4v) is 5.31. The highest BCUT2D eigenvalue weighted by atomic mass is 32.2. The summed E-state index contributed by atoms with van der Waals surface area (Å²) < 4.78 is 39.2. The number of aromatic nitrogens is 2. The minimum atomic E-state index is -3.91. The number of carbonyl (C=O) groups is 1. The molecular weight excluding hydrogens is 476 g/mol. The van der Waals surface area contributed by atoms with E-state index in [4.69, 9.17) is 9.47 Å². The molecule has 34 heavy (non-hydrogen) atoms. The Balaban J connectivity index is 1.30. The smallest absolute Gasteiger partial charge is 0.262 e. The molecule has 0 radical (unpaired) electrons. The molecule has 0 aliphatic carbocycles. The molecule has 4 aromatic rings. The second-order valence-corrected chi connectivity index (χ2v) is 10.5. The molecule has 2 aromatic carbocycles. The number of fused-ring (bicyclic) bond motifs is 1. The van der Waals surface area contributed by atoms with Gasteiger partial charge in [0.25, 0.3) is 15.9 Å². The van der Waals surface area contributed by atoms with Crippen LogP contribution in [0.3, 0.4) is 0 Å². The van der Waals surface area contributed by atoms with Crippen LogP contribution in [0.25, 0.3) is 10.6 Å². The van der Waals surface area contributed by atoms with Gasteiger partial charge in [0.1, 0.15) is 13.2 Å². The number of aryl methyl sites for hydroxylation is 1. The first-order valence-electron chi connectivity index (χ1n) is 10.3. The minimum absolute atomic E-state index is 0.0273. The minimum Gasteiger partial charge on any atom is -0.486 e. The third-order valence-corrected chi connectivity index (χ3v) is 7.44. The summed E-state index contributed by atoms with van der Waals surface area (Å²) in [5.41, 5.74) is 1.33. The summed E-state index contributed by atoms with van der Waals surface area (Å²) in [6, 6.07) is 16.4. The summed E-state index contributed by atoms with van der Waals surface area (Å²) in [7, 11) is -3.91. The molecule has 1 aliphatic rings. The lowest BCUT2D eigenvalue weighted by Gasteiger charge is -2.19. The molecule has 0 bridgehead atoms. The Labute approximate surface area is 199 Å². The van der Waals surface area contributed by atoms with Crippen molar-refractivity contribution in [3.8, 4) is 22.1 Å². The molecule has 2 aromatic heterocycles. The molecule has 1 aliphatic heterocycles. The number of hydrogen-bond donors (Lipinski definition) is 3. The molecule has 0 atom stereocenters. The van der Waals surface area contributed by atoms with Gasteiger partial charge in [-0.15, -0.1) is 11.3 Å². The number of benzene rings is 2. The maximum Gasteiger partial charge on any atom is 0.262 e. The van der Waals surface area contributed by atoms with Gasteiger partial charge in [0.15, 0.2) is 17.3 Å². The monoisotopic (exact) mass is 496 g/mol. The van der Waals surface area contributed by atoms with Gasteiger partial charge in [-0.1, -0.05) is 6.07 Å². The van der Waals surface area contributed by atoms with Crippen LogP contribution in [0.5, 0.6) is 11.5 Å². The fourth-order valence-electron chi connectivity index (χ4n) is 3.41. The maximum atomic E-state index is 12.9. The van der Waals surface area contributed by atoms with Crippen molar-refractivity contribution in [2.24, 2.45) is 0 Å². The van der Waals surface area contributed by atoms with E-state index in [1.54, 1.807) is 41.7 Å². The van der Waals surface area contributed by atoms with Crippen molar-refractivity contribution in [1.82, 2.24) is 10.2 Å². The Kier molecular flexibility index (Phi) is 5.72. The van der Waals surface area contributed by atoms with E-state index >= 15 is 0 Å². The first kappa shape index (κ1) is 22.0. The predicted molar refractivity (Wildman–Crippen MR) is 129 cm³/mol. The van der Waals surface area contributed by atoms with Crippen molar-refractivity contribution < 1.29 is 22.7 Å². The average Bonchev–Trinajstić information content (AvgIpc) is 3.47. The Morgan fingerprint density at radius 2 is 1.85 bits per heavy atom. The number of H-pyrrole nitrogens is 1. The summed E-state index contributed by atoms with van der Waals surface area (Å²) in [5.74, 6) is 0.826. The number of anilines is 2. The summed E-state index contributed by atoms with van der Waals surface area (Å²) >= 11 is 1.62. The predicted octanol–water partition coefficient (Wildman–Crippen LogP) is 4.27. The highest BCUT2D eigenvalue weighted by Gasteiger charge is 2.20. The van der Waals surface area contributed by atoms with Crippen LogP contribution in [0, 0.1) is 6.92 Å². The van der Waals surface area contributed by atoms with Crippen LogP contribution in [0.15, 0.2) is 65.6 Å². The Bertz CT molecular complexity index is 1480.